The molecule has 27 heteroatoms. The van der Waals surface area contributed by atoms with Crippen molar-refractivity contribution in [3.05, 3.63) is 118 Å². The SMILES string of the molecule is CC(C)CCNC(=O)CCCCNC(=O)c1ccc([B-]2(O)Oc3cc(C(=O)NCCCNC(=O)c4ccc(-c5c6ccc(=N)c(S(=O)(=O)O)c-6oc6c(S(=O)(=O)O)c(N)ccc56)c(C(=O)O)c4)ccc3C(=O)N2O)cc1. The number of nitrogens with one attached hydrogen (secondary N) is 5. The van der Waals surface area contributed by atoms with Gasteiger partial charge in [-0.15, -0.1) is 5.46 Å². The number of carbonyl (C=O) groups is 6. The fourth-order valence-electron chi connectivity index (χ4n) is 8.42. The number of nitrogen functional groups attached to an aromatic ring is 1. The largest absolute Gasteiger partial charge is 0.670 e. The minimum absolute atomic E-state index is 0.0140. The van der Waals surface area contributed by atoms with Crippen LogP contribution >= 0.6 is 0 Å². The van der Waals surface area contributed by atoms with Gasteiger partial charge in [0.1, 0.15) is 0 Å². The Balaban J connectivity index is 0.984. The van der Waals surface area contributed by atoms with Crippen LogP contribution < -0.4 is 42.5 Å². The normalized spacial score (nSPS) is 14.5. The number of hydrogen-bond acceptors (Lipinski definition) is 16. The number of nitrogens with zero attached hydrogens (tertiary/aromatic N) is 1. The average Bonchev–Trinajstić information content (AvgIpc) is 3.43. The van der Waals surface area contributed by atoms with E-state index in [0.29, 0.717) is 38.3 Å². The van der Waals surface area contributed by atoms with Gasteiger partial charge in [-0.2, -0.15) is 16.8 Å². The second-order valence-corrected chi connectivity index (χ2v) is 20.8. The molecule has 4 aromatic carbocycles. The Morgan fingerprint density at radius 1 is 0.711 bits per heavy atom. The van der Waals surface area contributed by atoms with E-state index in [2.05, 4.69) is 35.1 Å². The molecule has 76 heavy (non-hydrogen) atoms. The van der Waals surface area contributed by atoms with Crippen LogP contribution in [0.4, 0.5) is 5.69 Å². The second kappa shape index (κ2) is 22.3. The molecule has 2 aliphatic heterocycles. The first-order chi connectivity index (χ1) is 35.8. The van der Waals surface area contributed by atoms with E-state index in [0.717, 1.165) is 24.6 Å². The first kappa shape index (κ1) is 55.5. The lowest BCUT2D eigenvalue weighted by Gasteiger charge is -2.47. The van der Waals surface area contributed by atoms with Gasteiger partial charge in [-0.3, -0.25) is 38.5 Å². The summed E-state index contributed by atoms with van der Waals surface area (Å²) in [6.07, 6.45) is 2.46. The molecule has 7 rings (SSSR count). The molecular weight excluding hydrogens is 1030 g/mol. The highest BCUT2D eigenvalue weighted by molar-refractivity contribution is 7.86. The van der Waals surface area contributed by atoms with E-state index in [-0.39, 0.29) is 85.9 Å². The molecule has 4 aromatic rings. The lowest BCUT2D eigenvalue weighted by Crippen LogP contribution is -2.69. The molecule has 3 aliphatic rings. The Kier molecular flexibility index (Phi) is 16.3. The number of carboxylic acid groups (broad SMARTS) is 1. The van der Waals surface area contributed by atoms with Gasteiger partial charge in [-0.05, 0) is 91.8 Å². The number of hydrogen-bond donors (Lipinski definition) is 11. The topological polar surface area (TPSA) is 395 Å². The summed E-state index contributed by atoms with van der Waals surface area (Å²) in [5, 5.41) is 50.8. The van der Waals surface area contributed by atoms with Crippen LogP contribution in [-0.4, -0.2) is 115 Å². The van der Waals surface area contributed by atoms with Crippen molar-refractivity contribution in [1.29, 1.82) is 5.41 Å². The Hall–Kier alpha value is -8.21. The van der Waals surface area contributed by atoms with E-state index < -0.39 is 94.3 Å². The first-order valence-corrected chi connectivity index (χ1v) is 26.3. The third-order valence-corrected chi connectivity index (χ3v) is 14.2. The van der Waals surface area contributed by atoms with Crippen molar-refractivity contribution in [3.8, 4) is 28.2 Å². The molecule has 1 unspecified atom stereocenters. The maximum atomic E-state index is 13.4. The van der Waals surface area contributed by atoms with Gasteiger partial charge in [0, 0.05) is 65.8 Å². The van der Waals surface area contributed by atoms with E-state index in [4.69, 9.17) is 20.2 Å². The van der Waals surface area contributed by atoms with Crippen molar-refractivity contribution in [3.63, 3.8) is 0 Å². The summed E-state index contributed by atoms with van der Waals surface area (Å²) in [5.41, 5.74) is 3.16. The second-order valence-electron chi connectivity index (χ2n) is 18.1. The van der Waals surface area contributed by atoms with Gasteiger partial charge in [0.25, 0.3) is 38.0 Å². The fraction of sp³-hybridized carbons (Fsp3) is 0.245. The van der Waals surface area contributed by atoms with Gasteiger partial charge < -0.3 is 56.4 Å². The number of carboxylic acids is 1. The minimum Gasteiger partial charge on any atom is -0.670 e. The Bertz CT molecular complexity index is 3590. The Labute approximate surface area is 433 Å². The zero-order valence-corrected chi connectivity index (χ0v) is 42.2. The lowest BCUT2D eigenvalue weighted by molar-refractivity contribution is -0.121. The van der Waals surface area contributed by atoms with Crippen molar-refractivity contribution in [2.24, 2.45) is 5.92 Å². The van der Waals surface area contributed by atoms with Crippen LogP contribution in [0.15, 0.2) is 99.1 Å². The molecule has 1 aliphatic carbocycles. The van der Waals surface area contributed by atoms with Crippen LogP contribution in [-0.2, 0) is 25.0 Å². The molecule has 5 amide bonds. The highest BCUT2D eigenvalue weighted by atomic mass is 32.2. The number of hydroxylamine groups is 1. The van der Waals surface area contributed by atoms with Crippen molar-refractivity contribution in [2.75, 3.05) is 31.9 Å². The van der Waals surface area contributed by atoms with Gasteiger partial charge in [0.15, 0.2) is 21.1 Å². The third-order valence-electron chi connectivity index (χ3n) is 12.3. The first-order valence-electron chi connectivity index (χ1n) is 23.5. The molecule has 1 atom stereocenters. The summed E-state index contributed by atoms with van der Waals surface area (Å²) in [5.74, 6) is -5.09. The van der Waals surface area contributed by atoms with Crippen LogP contribution in [0.25, 0.3) is 33.4 Å². The van der Waals surface area contributed by atoms with Gasteiger partial charge in [-0.25, -0.2) is 4.79 Å². The molecule has 0 saturated carbocycles. The van der Waals surface area contributed by atoms with E-state index in [9.17, 15) is 70.0 Å². The molecule has 400 valence electrons. The molecule has 0 spiro atoms. The maximum absolute atomic E-state index is 13.4. The Morgan fingerprint density at radius 3 is 1.88 bits per heavy atom. The van der Waals surface area contributed by atoms with Crippen LogP contribution in [0.5, 0.6) is 5.75 Å². The summed E-state index contributed by atoms with van der Waals surface area (Å²) in [4.78, 5) is 75.3. The number of anilines is 1. The predicted octanol–water partition coefficient (Wildman–Crippen LogP) is 3.13. The summed E-state index contributed by atoms with van der Waals surface area (Å²) < 4.78 is 81.7. The fourth-order valence-corrected chi connectivity index (χ4v) is 9.90. The number of rotatable bonds is 20. The highest BCUT2D eigenvalue weighted by Crippen LogP contribution is 2.46. The molecular formula is C49H51BN7O17S2-. The van der Waals surface area contributed by atoms with Crippen LogP contribution in [0, 0.1) is 11.3 Å². The number of fused-ring (bicyclic) bond motifs is 3. The van der Waals surface area contributed by atoms with Crippen molar-refractivity contribution in [2.45, 2.75) is 55.7 Å². The summed E-state index contributed by atoms with van der Waals surface area (Å²) >= 11 is 0. The maximum Gasteiger partial charge on any atom is 0.454 e. The zero-order chi connectivity index (χ0) is 55.4. The van der Waals surface area contributed by atoms with Crippen LogP contribution in [0.1, 0.15) is 97.7 Å². The quantitative estimate of drug-likeness (QED) is 0.0131. The van der Waals surface area contributed by atoms with Gasteiger partial charge in [0.05, 0.1) is 27.9 Å². The molecule has 0 aromatic heterocycles. The molecule has 12 N–H and O–H groups in total. The van der Waals surface area contributed by atoms with Gasteiger partial charge in [0.2, 0.25) is 11.8 Å². The third kappa shape index (κ3) is 11.8. The molecule has 0 fully saturated rings. The summed E-state index contributed by atoms with van der Waals surface area (Å²) in [6, 6.07) is 16.8. The summed E-state index contributed by atoms with van der Waals surface area (Å²) in [6.45, 7) is 1.33. The lowest BCUT2D eigenvalue weighted by atomic mass is 9.62. The van der Waals surface area contributed by atoms with E-state index >= 15 is 0 Å². The van der Waals surface area contributed by atoms with Gasteiger partial charge >= 0.3 is 12.7 Å². The molecule has 0 bridgehead atoms. The van der Waals surface area contributed by atoms with Gasteiger partial charge in [-0.1, -0.05) is 44.2 Å². The monoisotopic (exact) mass is 1080 g/mol. The number of aromatic carboxylic acids is 1. The predicted molar refractivity (Wildman–Crippen MR) is 272 cm³/mol. The number of benzene rings is 5. The zero-order valence-electron chi connectivity index (χ0n) is 40.6. The summed E-state index contributed by atoms with van der Waals surface area (Å²) in [7, 11) is -10.5. The van der Waals surface area contributed by atoms with Crippen LogP contribution in [0.3, 0.4) is 0 Å². The van der Waals surface area contributed by atoms with E-state index in [1.807, 2.05) is 0 Å². The Morgan fingerprint density at radius 2 is 1.28 bits per heavy atom. The standard InChI is InChI=1S/C49H51BN7O17S2/c1-26(2)19-23-53-39(58)6-3-4-20-54-45(59)27-7-11-30(12-8-27)50(65)57(66)48(62)32-14-10-29(25-38(32)74-50)47(61)56-22-5-21-55-46(60)28-9-13-31(35(24-28)49(63)64)40-33-15-17-36(51)43(75(67,68)69)41(33)73-42-34(40)16-18-37(52)44(42)76(70,71)72/h7-18,24-26,51,65-66H,3-6,19-23,52H2,1-2H3,(H,53,58)(H,54,59)(H,55,60)(H,56,61)(H,63,64)(H,67,68,69)(H,70,71,72)/q-1. The van der Waals surface area contributed by atoms with E-state index in [1.165, 1.54) is 66.7 Å². The molecule has 0 radical (unpaired) electrons. The highest BCUT2D eigenvalue weighted by Gasteiger charge is 2.44. The van der Waals surface area contributed by atoms with Crippen molar-refractivity contribution < 1.29 is 79.1 Å². The van der Waals surface area contributed by atoms with E-state index in [1.54, 1.807) is 0 Å². The molecule has 2 heterocycles. The van der Waals surface area contributed by atoms with Crippen molar-refractivity contribution in [1.82, 2.24) is 26.2 Å². The molecule has 0 saturated heterocycles. The smallest absolute Gasteiger partial charge is 0.454 e. The number of unbranched alkanes of at least 4 members (excludes halogenated alkanes) is 1. The number of amides is 5. The van der Waals surface area contributed by atoms with Crippen molar-refractivity contribution >= 4 is 84.5 Å². The molecule has 24 nitrogen and oxygen atoms in total. The minimum atomic E-state index is -5.26. The van der Waals surface area contributed by atoms with Crippen LogP contribution in [0.2, 0.25) is 0 Å². The number of carbonyl (C=O) groups excluding carboxylic acids is 5. The average molecular weight is 1080 g/mol. The number of nitrogens with two attached hydrogens (primary N) is 1.